The molecule has 0 radical (unpaired) electrons. The Hall–Kier alpha value is -3.62. The predicted octanol–water partition coefficient (Wildman–Crippen LogP) is 2.29. The van der Waals surface area contributed by atoms with Crippen molar-refractivity contribution >= 4 is 23.7 Å². The molecule has 4 amide bonds. The molecule has 0 bridgehead atoms. The zero-order valence-electron chi connectivity index (χ0n) is 17.8. The number of anilines is 1. The summed E-state index contributed by atoms with van der Waals surface area (Å²) in [6.45, 7) is 2.06. The van der Waals surface area contributed by atoms with E-state index in [0.29, 0.717) is 23.7 Å². The minimum absolute atomic E-state index is 0.0931. The molecule has 1 aliphatic rings. The first-order chi connectivity index (χ1) is 14.9. The second-order valence-electron chi connectivity index (χ2n) is 7.18. The van der Waals surface area contributed by atoms with E-state index in [4.69, 9.17) is 9.47 Å². The highest BCUT2D eigenvalue weighted by Crippen LogP contribution is 2.28. The number of methoxy groups -OCH3 is 2. The van der Waals surface area contributed by atoms with Crippen LogP contribution in [0, 0.1) is 6.92 Å². The van der Waals surface area contributed by atoms with Crippen LogP contribution in [0.25, 0.3) is 0 Å². The van der Waals surface area contributed by atoms with Gasteiger partial charge in [-0.1, -0.05) is 12.1 Å². The molecule has 164 valence electrons. The molecular formula is C22H26N4O5. The molecule has 9 heteroatoms. The maximum absolute atomic E-state index is 12.6. The predicted molar refractivity (Wildman–Crippen MR) is 114 cm³/mol. The molecule has 1 atom stereocenters. The summed E-state index contributed by atoms with van der Waals surface area (Å²) in [4.78, 5) is 42.4. The third-order valence-electron chi connectivity index (χ3n) is 4.99. The molecule has 1 fully saturated rings. The molecule has 1 aromatic carbocycles. The fourth-order valence-electron chi connectivity index (χ4n) is 3.35. The SMILES string of the molecule is COc1ccc(CCN2C(=O)N[C@@H](CCC(=O)Nc3cccc(C)n3)C2=O)cc1OC. The van der Waals surface area contributed by atoms with E-state index in [-0.39, 0.29) is 31.2 Å². The molecule has 2 heterocycles. The number of ether oxygens (including phenoxy) is 2. The van der Waals surface area contributed by atoms with Crippen LogP contribution in [0.3, 0.4) is 0 Å². The van der Waals surface area contributed by atoms with Gasteiger partial charge in [0.25, 0.3) is 5.91 Å². The first kappa shape index (κ1) is 22.1. The Morgan fingerprint density at radius 1 is 1.16 bits per heavy atom. The highest BCUT2D eigenvalue weighted by molar-refractivity contribution is 6.04. The van der Waals surface area contributed by atoms with Crippen molar-refractivity contribution in [2.24, 2.45) is 0 Å². The highest BCUT2D eigenvalue weighted by Gasteiger charge is 2.37. The number of hydrogen-bond donors (Lipinski definition) is 2. The molecule has 9 nitrogen and oxygen atoms in total. The fourth-order valence-corrected chi connectivity index (χ4v) is 3.35. The number of carbonyl (C=O) groups excluding carboxylic acids is 3. The quantitative estimate of drug-likeness (QED) is 0.596. The standard InChI is InChI=1S/C22H26N4O5/c1-14-5-4-6-19(23-14)25-20(27)10-8-16-21(28)26(22(29)24-16)12-11-15-7-9-17(30-2)18(13-15)31-3/h4-7,9,13,16H,8,10-12H2,1-3H3,(H,24,29)(H,23,25,27)/t16-/m0/s1. The molecule has 0 spiro atoms. The summed E-state index contributed by atoms with van der Waals surface area (Å²) in [6.07, 6.45) is 0.788. The molecular weight excluding hydrogens is 400 g/mol. The number of aryl methyl sites for hydroxylation is 1. The van der Waals surface area contributed by atoms with E-state index in [1.807, 2.05) is 25.1 Å². The normalized spacial score (nSPS) is 15.6. The van der Waals surface area contributed by atoms with E-state index in [0.717, 1.165) is 11.3 Å². The largest absolute Gasteiger partial charge is 0.493 e. The number of nitrogens with one attached hydrogen (secondary N) is 2. The summed E-state index contributed by atoms with van der Waals surface area (Å²) in [5.74, 6) is 1.07. The lowest BCUT2D eigenvalue weighted by atomic mass is 10.1. The molecule has 0 aliphatic carbocycles. The first-order valence-electron chi connectivity index (χ1n) is 9.97. The molecule has 2 aromatic rings. The van der Waals surface area contributed by atoms with Gasteiger partial charge in [-0.25, -0.2) is 9.78 Å². The summed E-state index contributed by atoms with van der Waals surface area (Å²) in [6, 6.07) is 9.63. The number of amides is 4. The fraction of sp³-hybridized carbons (Fsp3) is 0.364. The van der Waals surface area contributed by atoms with Crippen LogP contribution in [0.2, 0.25) is 0 Å². The van der Waals surface area contributed by atoms with E-state index in [9.17, 15) is 14.4 Å². The Balaban J connectivity index is 1.51. The Labute approximate surface area is 180 Å². The van der Waals surface area contributed by atoms with E-state index >= 15 is 0 Å². The Kier molecular flexibility index (Phi) is 7.07. The molecule has 31 heavy (non-hydrogen) atoms. The molecule has 1 aromatic heterocycles. The number of rotatable bonds is 9. The maximum atomic E-state index is 12.6. The van der Waals surface area contributed by atoms with Crippen LogP contribution in [0.4, 0.5) is 10.6 Å². The van der Waals surface area contributed by atoms with Gasteiger partial charge in [0.1, 0.15) is 11.9 Å². The van der Waals surface area contributed by atoms with E-state index < -0.39 is 12.1 Å². The van der Waals surface area contributed by atoms with Crippen molar-refractivity contribution in [1.29, 1.82) is 0 Å². The second-order valence-corrected chi connectivity index (χ2v) is 7.18. The lowest BCUT2D eigenvalue weighted by molar-refractivity contribution is -0.127. The van der Waals surface area contributed by atoms with Gasteiger partial charge in [0.15, 0.2) is 11.5 Å². The lowest BCUT2D eigenvalue weighted by Crippen LogP contribution is -2.33. The monoisotopic (exact) mass is 426 g/mol. The van der Waals surface area contributed by atoms with Crippen molar-refractivity contribution in [3.05, 3.63) is 47.7 Å². The number of imide groups is 1. The van der Waals surface area contributed by atoms with Crippen LogP contribution in [0.1, 0.15) is 24.1 Å². The minimum atomic E-state index is -0.714. The molecule has 1 saturated heterocycles. The summed E-state index contributed by atoms with van der Waals surface area (Å²) in [5.41, 5.74) is 1.70. The summed E-state index contributed by atoms with van der Waals surface area (Å²) in [5, 5.41) is 5.36. The number of benzene rings is 1. The third kappa shape index (κ3) is 5.50. The van der Waals surface area contributed by atoms with Crippen LogP contribution >= 0.6 is 0 Å². The van der Waals surface area contributed by atoms with Crippen molar-refractivity contribution in [2.45, 2.75) is 32.2 Å². The number of carbonyl (C=O) groups is 3. The average molecular weight is 426 g/mol. The Morgan fingerprint density at radius 3 is 2.65 bits per heavy atom. The number of aromatic nitrogens is 1. The smallest absolute Gasteiger partial charge is 0.324 e. The van der Waals surface area contributed by atoms with Gasteiger partial charge in [-0.3, -0.25) is 14.5 Å². The Bertz CT molecular complexity index is 978. The summed E-state index contributed by atoms with van der Waals surface area (Å²) in [7, 11) is 3.11. The van der Waals surface area contributed by atoms with Crippen LogP contribution in [-0.2, 0) is 16.0 Å². The van der Waals surface area contributed by atoms with E-state index in [1.54, 1.807) is 32.4 Å². The topological polar surface area (TPSA) is 110 Å². The highest BCUT2D eigenvalue weighted by atomic mass is 16.5. The van der Waals surface area contributed by atoms with Gasteiger partial charge in [-0.15, -0.1) is 0 Å². The van der Waals surface area contributed by atoms with Crippen LogP contribution < -0.4 is 20.1 Å². The molecule has 1 aliphatic heterocycles. The summed E-state index contributed by atoms with van der Waals surface area (Å²) >= 11 is 0. The second kappa shape index (κ2) is 9.92. The molecule has 0 saturated carbocycles. The first-order valence-corrected chi connectivity index (χ1v) is 9.97. The minimum Gasteiger partial charge on any atom is -0.493 e. The van der Waals surface area contributed by atoms with E-state index in [2.05, 4.69) is 15.6 Å². The van der Waals surface area contributed by atoms with Crippen molar-refractivity contribution in [1.82, 2.24) is 15.2 Å². The van der Waals surface area contributed by atoms with Crippen molar-refractivity contribution < 1.29 is 23.9 Å². The zero-order valence-corrected chi connectivity index (χ0v) is 17.8. The van der Waals surface area contributed by atoms with Gasteiger partial charge in [-0.2, -0.15) is 0 Å². The number of urea groups is 1. The average Bonchev–Trinajstić information content (AvgIpc) is 3.03. The van der Waals surface area contributed by atoms with Crippen LogP contribution in [0.5, 0.6) is 11.5 Å². The van der Waals surface area contributed by atoms with Crippen LogP contribution in [-0.4, -0.2) is 54.5 Å². The summed E-state index contributed by atoms with van der Waals surface area (Å²) < 4.78 is 10.5. The number of hydrogen-bond acceptors (Lipinski definition) is 6. The number of pyridine rings is 1. The van der Waals surface area contributed by atoms with Gasteiger partial charge in [0.05, 0.1) is 14.2 Å². The van der Waals surface area contributed by atoms with Gasteiger partial charge in [0.2, 0.25) is 5.91 Å². The van der Waals surface area contributed by atoms with Crippen molar-refractivity contribution in [3.63, 3.8) is 0 Å². The molecule has 3 rings (SSSR count). The van der Waals surface area contributed by atoms with Gasteiger partial charge in [-0.05, 0) is 49.6 Å². The molecule has 2 N–H and O–H groups in total. The van der Waals surface area contributed by atoms with Gasteiger partial charge < -0.3 is 20.1 Å². The third-order valence-corrected chi connectivity index (χ3v) is 4.99. The zero-order chi connectivity index (χ0) is 22.4. The number of nitrogens with zero attached hydrogens (tertiary/aromatic N) is 2. The lowest BCUT2D eigenvalue weighted by Gasteiger charge is -2.14. The van der Waals surface area contributed by atoms with Crippen molar-refractivity contribution in [3.8, 4) is 11.5 Å². The Morgan fingerprint density at radius 2 is 1.94 bits per heavy atom. The van der Waals surface area contributed by atoms with Crippen molar-refractivity contribution in [2.75, 3.05) is 26.1 Å². The van der Waals surface area contributed by atoms with Gasteiger partial charge >= 0.3 is 6.03 Å². The maximum Gasteiger partial charge on any atom is 0.324 e. The van der Waals surface area contributed by atoms with Crippen LogP contribution in [0.15, 0.2) is 36.4 Å². The van der Waals surface area contributed by atoms with Gasteiger partial charge in [0, 0.05) is 18.7 Å². The van der Waals surface area contributed by atoms with E-state index in [1.165, 1.54) is 4.90 Å². The molecule has 0 unspecified atom stereocenters.